The number of ether oxygens (including phenoxy) is 1. The zero-order valence-corrected chi connectivity index (χ0v) is 15.3. The highest BCUT2D eigenvalue weighted by molar-refractivity contribution is 7.88. The molecule has 0 unspecified atom stereocenters. The maximum absolute atomic E-state index is 11.2. The largest absolute Gasteiger partial charge is 0.370 e. The van der Waals surface area contributed by atoms with Gasteiger partial charge in [-0.2, -0.15) is 0 Å². The maximum atomic E-state index is 11.2. The van der Waals surface area contributed by atoms with Gasteiger partial charge in [-0.25, -0.2) is 18.1 Å². The molecule has 2 saturated heterocycles. The lowest BCUT2D eigenvalue weighted by molar-refractivity contribution is 0.0636. The highest BCUT2D eigenvalue weighted by atomic mass is 32.2. The molecule has 0 radical (unpaired) electrons. The fourth-order valence-corrected chi connectivity index (χ4v) is 4.27. The standard InChI is InChI=1S/C16H28N4O3S/c1-19-9-6-17-16(19)15-14(5-10-23-15)12-20-7-3-13(4-8-20)11-18-24(2,21)22/h6,9,13-15,18H,3-5,7-8,10-12H2,1-2H3/t14-,15+/m0/s1. The van der Waals surface area contributed by atoms with Gasteiger partial charge in [0.15, 0.2) is 0 Å². The van der Waals surface area contributed by atoms with Crippen LogP contribution in [0.3, 0.4) is 0 Å². The number of nitrogens with one attached hydrogen (secondary N) is 1. The number of piperidine rings is 1. The van der Waals surface area contributed by atoms with Crippen LogP contribution in [0.4, 0.5) is 0 Å². The van der Waals surface area contributed by atoms with E-state index < -0.39 is 10.0 Å². The normalized spacial score (nSPS) is 26.9. The van der Waals surface area contributed by atoms with Crippen LogP contribution >= 0.6 is 0 Å². The molecule has 0 spiro atoms. The minimum atomic E-state index is -3.08. The first-order valence-corrected chi connectivity index (χ1v) is 10.6. The molecule has 2 aliphatic rings. The van der Waals surface area contributed by atoms with Crippen molar-refractivity contribution in [1.82, 2.24) is 19.2 Å². The van der Waals surface area contributed by atoms with Crippen LogP contribution in [0.2, 0.25) is 0 Å². The van der Waals surface area contributed by atoms with E-state index in [1.165, 1.54) is 6.26 Å². The molecule has 0 bridgehead atoms. The minimum absolute atomic E-state index is 0.0922. The molecule has 0 aliphatic carbocycles. The number of nitrogens with zero attached hydrogens (tertiary/aromatic N) is 3. The Balaban J connectivity index is 1.48. The fourth-order valence-electron chi connectivity index (χ4n) is 3.73. The summed E-state index contributed by atoms with van der Waals surface area (Å²) < 4.78 is 33.0. The van der Waals surface area contributed by atoms with Crippen LogP contribution < -0.4 is 4.72 Å². The van der Waals surface area contributed by atoms with E-state index in [9.17, 15) is 8.42 Å². The molecule has 8 heteroatoms. The summed E-state index contributed by atoms with van der Waals surface area (Å²) in [6.45, 7) is 4.45. The van der Waals surface area contributed by atoms with E-state index in [0.717, 1.165) is 51.3 Å². The van der Waals surface area contributed by atoms with Crippen LogP contribution in [0.5, 0.6) is 0 Å². The first-order valence-electron chi connectivity index (χ1n) is 8.68. The monoisotopic (exact) mass is 356 g/mol. The van der Waals surface area contributed by atoms with Crippen LogP contribution in [0.1, 0.15) is 31.2 Å². The third kappa shape index (κ3) is 4.56. The third-order valence-electron chi connectivity index (χ3n) is 5.16. The molecular formula is C16H28N4O3S. The summed E-state index contributed by atoms with van der Waals surface area (Å²) in [6.07, 6.45) is 8.27. The van der Waals surface area contributed by atoms with E-state index in [2.05, 4.69) is 14.6 Å². The molecule has 2 aliphatic heterocycles. The van der Waals surface area contributed by atoms with Crippen LogP contribution in [0, 0.1) is 11.8 Å². The highest BCUT2D eigenvalue weighted by Crippen LogP contribution is 2.34. The van der Waals surface area contributed by atoms with Gasteiger partial charge in [-0.05, 0) is 38.3 Å². The van der Waals surface area contributed by atoms with Crippen LogP contribution in [0.15, 0.2) is 12.4 Å². The van der Waals surface area contributed by atoms with Gasteiger partial charge < -0.3 is 14.2 Å². The summed E-state index contributed by atoms with van der Waals surface area (Å²) in [4.78, 5) is 6.95. The van der Waals surface area contributed by atoms with E-state index in [-0.39, 0.29) is 6.10 Å². The van der Waals surface area contributed by atoms with Crippen LogP contribution in [0.25, 0.3) is 0 Å². The summed E-state index contributed by atoms with van der Waals surface area (Å²) in [5, 5.41) is 0. The molecule has 24 heavy (non-hydrogen) atoms. The Morgan fingerprint density at radius 2 is 2.08 bits per heavy atom. The van der Waals surface area contributed by atoms with Gasteiger partial charge in [0, 0.05) is 45.1 Å². The number of hydrogen-bond acceptors (Lipinski definition) is 5. The Labute approximate surface area is 144 Å². The Bertz CT molecular complexity index is 638. The molecular weight excluding hydrogens is 328 g/mol. The van der Waals surface area contributed by atoms with Crippen molar-refractivity contribution in [1.29, 1.82) is 0 Å². The lowest BCUT2D eigenvalue weighted by Gasteiger charge is -2.34. The number of imidazole rings is 1. The molecule has 0 saturated carbocycles. The molecule has 1 aromatic heterocycles. The van der Waals surface area contributed by atoms with Crippen molar-refractivity contribution >= 4 is 10.0 Å². The maximum Gasteiger partial charge on any atom is 0.208 e. The van der Waals surface area contributed by atoms with Crippen molar-refractivity contribution in [2.45, 2.75) is 25.4 Å². The Kier molecular flexibility index (Phi) is 5.59. The number of hydrogen-bond donors (Lipinski definition) is 1. The molecule has 136 valence electrons. The lowest BCUT2D eigenvalue weighted by Crippen LogP contribution is -2.40. The molecule has 0 amide bonds. The van der Waals surface area contributed by atoms with E-state index in [0.29, 0.717) is 18.4 Å². The SMILES string of the molecule is Cn1ccnc1[C@@H]1OCC[C@H]1CN1CCC(CNS(C)(=O)=O)CC1. The van der Waals surface area contributed by atoms with Gasteiger partial charge in [0.1, 0.15) is 11.9 Å². The second-order valence-corrected chi connectivity index (χ2v) is 8.93. The van der Waals surface area contributed by atoms with E-state index in [1.54, 1.807) is 0 Å². The number of rotatable bonds is 6. The zero-order valence-electron chi connectivity index (χ0n) is 14.5. The smallest absolute Gasteiger partial charge is 0.208 e. The van der Waals surface area contributed by atoms with Crippen molar-refractivity contribution in [3.63, 3.8) is 0 Å². The van der Waals surface area contributed by atoms with E-state index in [4.69, 9.17) is 4.74 Å². The second-order valence-electron chi connectivity index (χ2n) is 7.10. The van der Waals surface area contributed by atoms with Crippen LogP contribution in [-0.2, 0) is 21.8 Å². The molecule has 3 heterocycles. The average Bonchev–Trinajstić information content (AvgIpc) is 3.14. The Morgan fingerprint density at radius 3 is 2.71 bits per heavy atom. The van der Waals surface area contributed by atoms with Gasteiger partial charge in [-0.3, -0.25) is 0 Å². The molecule has 2 fully saturated rings. The number of sulfonamides is 1. The van der Waals surface area contributed by atoms with Gasteiger partial charge in [0.2, 0.25) is 10.0 Å². The third-order valence-corrected chi connectivity index (χ3v) is 5.85. The summed E-state index contributed by atoms with van der Waals surface area (Å²) in [5.74, 6) is 1.95. The Morgan fingerprint density at radius 1 is 1.33 bits per heavy atom. The zero-order chi connectivity index (χ0) is 17.2. The quantitative estimate of drug-likeness (QED) is 0.814. The molecule has 0 aromatic carbocycles. The summed E-state index contributed by atoms with van der Waals surface area (Å²) in [6, 6.07) is 0. The van der Waals surface area contributed by atoms with Gasteiger partial charge in [-0.15, -0.1) is 0 Å². The summed E-state index contributed by atoms with van der Waals surface area (Å²) >= 11 is 0. The van der Waals surface area contributed by atoms with Crippen molar-refractivity contribution in [2.75, 3.05) is 39.0 Å². The first kappa shape index (κ1) is 17.8. The Hall–Kier alpha value is -0.960. The predicted molar refractivity (Wildman–Crippen MR) is 92.0 cm³/mol. The molecule has 1 N–H and O–H groups in total. The van der Waals surface area contributed by atoms with Crippen molar-refractivity contribution in [2.24, 2.45) is 18.9 Å². The number of aromatic nitrogens is 2. The molecule has 1 aromatic rings. The van der Waals surface area contributed by atoms with Crippen molar-refractivity contribution in [3.05, 3.63) is 18.2 Å². The van der Waals surface area contributed by atoms with E-state index in [1.807, 2.05) is 24.0 Å². The van der Waals surface area contributed by atoms with E-state index >= 15 is 0 Å². The van der Waals surface area contributed by atoms with Crippen molar-refractivity contribution in [3.8, 4) is 0 Å². The number of likely N-dealkylation sites (tertiary alicyclic amines) is 1. The second kappa shape index (κ2) is 7.51. The fraction of sp³-hybridized carbons (Fsp3) is 0.812. The minimum Gasteiger partial charge on any atom is -0.370 e. The predicted octanol–water partition coefficient (Wildman–Crippen LogP) is 0.759. The highest BCUT2D eigenvalue weighted by Gasteiger charge is 2.34. The van der Waals surface area contributed by atoms with Crippen molar-refractivity contribution < 1.29 is 13.2 Å². The van der Waals surface area contributed by atoms with Gasteiger partial charge >= 0.3 is 0 Å². The molecule has 3 rings (SSSR count). The van der Waals surface area contributed by atoms with Crippen LogP contribution in [-0.4, -0.2) is 61.9 Å². The van der Waals surface area contributed by atoms with Gasteiger partial charge in [0.05, 0.1) is 6.26 Å². The summed E-state index contributed by atoms with van der Waals surface area (Å²) in [5.41, 5.74) is 0. The topological polar surface area (TPSA) is 76.5 Å². The molecule has 7 nitrogen and oxygen atoms in total. The van der Waals surface area contributed by atoms with Gasteiger partial charge in [-0.1, -0.05) is 0 Å². The average molecular weight is 356 g/mol. The molecule has 2 atom stereocenters. The van der Waals surface area contributed by atoms with Gasteiger partial charge in [0.25, 0.3) is 0 Å². The number of aryl methyl sites for hydroxylation is 1. The summed E-state index contributed by atoms with van der Waals surface area (Å²) in [7, 11) is -1.07. The lowest BCUT2D eigenvalue weighted by atomic mass is 9.94. The first-order chi connectivity index (χ1) is 11.4.